The van der Waals surface area contributed by atoms with Crippen molar-refractivity contribution >= 4 is 5.69 Å². The number of rotatable bonds is 3. The van der Waals surface area contributed by atoms with E-state index in [1.54, 1.807) is 0 Å². The fraction of sp³-hybridized carbons (Fsp3) is 0.286. The lowest BCUT2D eigenvalue weighted by atomic mass is 10.0. The monoisotopic (exact) mass is 238 g/mol. The zero-order chi connectivity index (χ0) is 12.8. The SMILES string of the molecule is N#CC(C#N)=CNc1cccc(C2CCCN2)c1. The van der Waals surface area contributed by atoms with E-state index in [4.69, 9.17) is 10.5 Å². The molecule has 2 rings (SSSR count). The van der Waals surface area contributed by atoms with Crippen molar-refractivity contribution in [2.45, 2.75) is 18.9 Å². The van der Waals surface area contributed by atoms with Gasteiger partial charge in [-0.05, 0) is 37.1 Å². The Bertz CT molecular complexity index is 511. The molecule has 1 aromatic carbocycles. The Hall–Kier alpha value is -2.30. The van der Waals surface area contributed by atoms with Gasteiger partial charge in [-0.1, -0.05) is 12.1 Å². The summed E-state index contributed by atoms with van der Waals surface area (Å²) in [6.07, 6.45) is 3.79. The Kier molecular flexibility index (Phi) is 3.96. The van der Waals surface area contributed by atoms with Gasteiger partial charge in [-0.15, -0.1) is 0 Å². The minimum atomic E-state index is 0.0689. The van der Waals surface area contributed by atoms with Crippen LogP contribution in [0.25, 0.3) is 0 Å². The Morgan fingerprint density at radius 2 is 2.22 bits per heavy atom. The molecule has 1 saturated heterocycles. The average Bonchev–Trinajstić information content (AvgIpc) is 2.94. The molecule has 2 N–H and O–H groups in total. The van der Waals surface area contributed by atoms with Gasteiger partial charge in [0, 0.05) is 17.9 Å². The third-order valence-corrected chi connectivity index (χ3v) is 2.97. The van der Waals surface area contributed by atoms with Gasteiger partial charge in [0.15, 0.2) is 0 Å². The third-order valence-electron chi connectivity index (χ3n) is 2.97. The van der Waals surface area contributed by atoms with Crippen LogP contribution in [0.2, 0.25) is 0 Å². The number of nitrogens with zero attached hydrogens (tertiary/aromatic N) is 2. The van der Waals surface area contributed by atoms with Crippen LogP contribution in [0, 0.1) is 22.7 Å². The molecule has 1 heterocycles. The van der Waals surface area contributed by atoms with Crippen molar-refractivity contribution in [3.63, 3.8) is 0 Å². The van der Waals surface area contributed by atoms with Crippen LogP contribution >= 0.6 is 0 Å². The summed E-state index contributed by atoms with van der Waals surface area (Å²) in [5, 5.41) is 23.7. The van der Waals surface area contributed by atoms with Crippen LogP contribution in [-0.4, -0.2) is 6.54 Å². The average molecular weight is 238 g/mol. The predicted octanol–water partition coefficient (Wildman–Crippen LogP) is 2.45. The minimum Gasteiger partial charge on any atom is -0.360 e. The van der Waals surface area contributed by atoms with Crippen molar-refractivity contribution in [2.24, 2.45) is 0 Å². The summed E-state index contributed by atoms with van der Waals surface area (Å²) in [6.45, 7) is 1.06. The number of hydrogen-bond donors (Lipinski definition) is 2. The van der Waals surface area contributed by atoms with E-state index in [2.05, 4.69) is 16.7 Å². The highest BCUT2D eigenvalue weighted by Gasteiger charge is 2.15. The summed E-state index contributed by atoms with van der Waals surface area (Å²) < 4.78 is 0. The molecule has 0 aromatic heterocycles. The Morgan fingerprint density at radius 3 is 2.89 bits per heavy atom. The first-order valence-corrected chi connectivity index (χ1v) is 5.94. The van der Waals surface area contributed by atoms with Crippen LogP contribution < -0.4 is 10.6 Å². The molecular formula is C14H14N4. The number of hydrogen-bond acceptors (Lipinski definition) is 4. The van der Waals surface area contributed by atoms with Gasteiger partial charge in [0.2, 0.25) is 0 Å². The molecule has 1 aromatic rings. The molecule has 1 aliphatic rings. The summed E-state index contributed by atoms with van der Waals surface area (Å²) in [5.41, 5.74) is 2.20. The number of nitrogens with one attached hydrogen (secondary N) is 2. The predicted molar refractivity (Wildman–Crippen MR) is 69.4 cm³/mol. The van der Waals surface area contributed by atoms with Crippen LogP contribution in [0.1, 0.15) is 24.4 Å². The molecule has 90 valence electrons. The number of benzene rings is 1. The fourth-order valence-electron chi connectivity index (χ4n) is 2.06. The van der Waals surface area contributed by atoms with E-state index in [-0.39, 0.29) is 5.57 Å². The quantitative estimate of drug-likeness (QED) is 0.793. The van der Waals surface area contributed by atoms with E-state index in [0.717, 1.165) is 18.7 Å². The maximum absolute atomic E-state index is 8.64. The van der Waals surface area contributed by atoms with Crippen LogP contribution in [0.5, 0.6) is 0 Å². The minimum absolute atomic E-state index is 0.0689. The molecule has 0 saturated carbocycles. The molecule has 0 bridgehead atoms. The molecule has 1 atom stereocenters. The van der Waals surface area contributed by atoms with Crippen LogP contribution in [0.4, 0.5) is 5.69 Å². The van der Waals surface area contributed by atoms with E-state index in [1.165, 1.54) is 18.2 Å². The molecular weight excluding hydrogens is 224 g/mol. The normalized spacial score (nSPS) is 17.6. The van der Waals surface area contributed by atoms with E-state index in [0.29, 0.717) is 6.04 Å². The summed E-state index contributed by atoms with van der Waals surface area (Å²) in [6, 6.07) is 12.1. The van der Waals surface area contributed by atoms with Gasteiger partial charge in [0.05, 0.1) is 0 Å². The van der Waals surface area contributed by atoms with Crippen molar-refractivity contribution in [3.05, 3.63) is 41.6 Å². The highest BCUT2D eigenvalue weighted by Crippen LogP contribution is 2.25. The lowest BCUT2D eigenvalue weighted by Crippen LogP contribution is -2.12. The van der Waals surface area contributed by atoms with Gasteiger partial charge in [-0.2, -0.15) is 10.5 Å². The van der Waals surface area contributed by atoms with Gasteiger partial charge in [0.1, 0.15) is 17.7 Å². The lowest BCUT2D eigenvalue weighted by molar-refractivity contribution is 0.648. The zero-order valence-electron chi connectivity index (χ0n) is 9.98. The fourth-order valence-corrected chi connectivity index (χ4v) is 2.06. The zero-order valence-corrected chi connectivity index (χ0v) is 9.98. The highest BCUT2D eigenvalue weighted by atomic mass is 14.9. The molecule has 18 heavy (non-hydrogen) atoms. The second-order valence-corrected chi connectivity index (χ2v) is 4.20. The maximum atomic E-state index is 8.64. The van der Waals surface area contributed by atoms with Crippen LogP contribution in [0.3, 0.4) is 0 Å². The molecule has 1 aliphatic heterocycles. The smallest absolute Gasteiger partial charge is 0.145 e. The van der Waals surface area contributed by atoms with Crippen molar-refractivity contribution in [2.75, 3.05) is 11.9 Å². The summed E-state index contributed by atoms with van der Waals surface area (Å²) in [4.78, 5) is 0. The summed E-state index contributed by atoms with van der Waals surface area (Å²) >= 11 is 0. The molecule has 0 aliphatic carbocycles. The largest absolute Gasteiger partial charge is 0.360 e. The van der Waals surface area contributed by atoms with E-state index in [9.17, 15) is 0 Å². The third kappa shape index (κ3) is 2.88. The first-order chi connectivity index (χ1) is 8.83. The van der Waals surface area contributed by atoms with E-state index < -0.39 is 0 Å². The maximum Gasteiger partial charge on any atom is 0.145 e. The number of allylic oxidation sites excluding steroid dienone is 1. The summed E-state index contributed by atoms with van der Waals surface area (Å²) in [5.74, 6) is 0. The molecule has 4 nitrogen and oxygen atoms in total. The molecule has 0 spiro atoms. The Balaban J connectivity index is 2.11. The Labute approximate surface area is 107 Å². The van der Waals surface area contributed by atoms with Crippen molar-refractivity contribution in [1.82, 2.24) is 5.32 Å². The molecule has 0 amide bonds. The molecule has 4 heteroatoms. The topological polar surface area (TPSA) is 71.6 Å². The molecule has 1 unspecified atom stereocenters. The second-order valence-electron chi connectivity index (χ2n) is 4.20. The number of anilines is 1. The molecule has 0 radical (unpaired) electrons. The highest BCUT2D eigenvalue weighted by molar-refractivity contribution is 5.51. The molecule has 1 fully saturated rings. The van der Waals surface area contributed by atoms with Crippen molar-refractivity contribution < 1.29 is 0 Å². The van der Waals surface area contributed by atoms with Crippen LogP contribution in [-0.2, 0) is 0 Å². The van der Waals surface area contributed by atoms with Crippen molar-refractivity contribution in [3.8, 4) is 12.1 Å². The van der Waals surface area contributed by atoms with Gasteiger partial charge in [0.25, 0.3) is 0 Å². The van der Waals surface area contributed by atoms with Gasteiger partial charge >= 0.3 is 0 Å². The van der Waals surface area contributed by atoms with E-state index in [1.807, 2.05) is 30.3 Å². The first-order valence-electron chi connectivity index (χ1n) is 5.94. The van der Waals surface area contributed by atoms with Gasteiger partial charge < -0.3 is 10.6 Å². The van der Waals surface area contributed by atoms with Crippen molar-refractivity contribution in [1.29, 1.82) is 10.5 Å². The first kappa shape index (κ1) is 12.2. The summed E-state index contributed by atoms with van der Waals surface area (Å²) in [7, 11) is 0. The lowest BCUT2D eigenvalue weighted by Gasteiger charge is -2.11. The van der Waals surface area contributed by atoms with E-state index >= 15 is 0 Å². The second kappa shape index (κ2) is 5.86. The van der Waals surface area contributed by atoms with Gasteiger partial charge in [-0.3, -0.25) is 0 Å². The van der Waals surface area contributed by atoms with Gasteiger partial charge in [-0.25, -0.2) is 0 Å². The standard InChI is InChI=1S/C14H14N4/c15-8-11(9-16)10-18-13-4-1-3-12(7-13)14-5-2-6-17-14/h1,3-4,7,10,14,17-18H,2,5-6H2. The Morgan fingerprint density at radius 1 is 1.39 bits per heavy atom. The number of nitriles is 2. The van der Waals surface area contributed by atoms with Crippen LogP contribution in [0.15, 0.2) is 36.0 Å².